The van der Waals surface area contributed by atoms with E-state index in [0.29, 0.717) is 51.9 Å². The van der Waals surface area contributed by atoms with Gasteiger partial charge < -0.3 is 14.5 Å². The normalized spacial score (nSPS) is 12.5. The van der Waals surface area contributed by atoms with Crippen molar-refractivity contribution >= 4 is 11.6 Å². The van der Waals surface area contributed by atoms with Crippen molar-refractivity contribution in [1.82, 2.24) is 9.78 Å². The molecule has 9 heteroatoms. The highest BCUT2D eigenvalue weighted by molar-refractivity contribution is 6.04. The van der Waals surface area contributed by atoms with Crippen molar-refractivity contribution in [3.8, 4) is 28.4 Å². The van der Waals surface area contributed by atoms with Crippen LogP contribution in [-0.4, -0.2) is 15.7 Å². The predicted octanol–water partition coefficient (Wildman–Crippen LogP) is 7.29. The molecule has 0 aliphatic heterocycles. The number of hydrogen-bond donors (Lipinski definition) is 1. The van der Waals surface area contributed by atoms with Crippen LogP contribution in [0.25, 0.3) is 16.9 Å². The third-order valence-electron chi connectivity index (χ3n) is 6.32. The van der Waals surface area contributed by atoms with E-state index in [0.717, 1.165) is 0 Å². The number of carbonyl (C=O) groups is 1. The Balaban J connectivity index is 1.22. The van der Waals surface area contributed by atoms with Crippen molar-refractivity contribution in [2.45, 2.75) is 19.0 Å². The average Bonchev–Trinajstić information content (AvgIpc) is 3.55. The maximum atomic E-state index is 13.8. The van der Waals surface area contributed by atoms with E-state index in [1.54, 1.807) is 54.6 Å². The van der Waals surface area contributed by atoms with Crippen molar-refractivity contribution in [3.05, 3.63) is 114 Å². The van der Waals surface area contributed by atoms with Crippen molar-refractivity contribution in [2.75, 3.05) is 5.32 Å². The number of furan rings is 1. The topological polar surface area (TPSA) is 69.3 Å². The van der Waals surface area contributed by atoms with Gasteiger partial charge in [0.05, 0.1) is 17.6 Å². The lowest BCUT2D eigenvalue weighted by Crippen LogP contribution is -2.12. The Labute approximate surface area is 215 Å². The van der Waals surface area contributed by atoms with Gasteiger partial charge >= 0.3 is 6.18 Å². The maximum absolute atomic E-state index is 13.8. The summed E-state index contributed by atoms with van der Waals surface area (Å²) in [5, 5.41) is 6.74. The molecule has 38 heavy (non-hydrogen) atoms. The van der Waals surface area contributed by atoms with Gasteiger partial charge in [-0.25, -0.2) is 4.68 Å². The second-order valence-corrected chi connectivity index (χ2v) is 8.78. The number of rotatable bonds is 5. The molecule has 0 saturated carbocycles. The highest BCUT2D eigenvalue weighted by Gasteiger charge is 2.41. The van der Waals surface area contributed by atoms with Gasteiger partial charge in [-0.3, -0.25) is 4.79 Å². The first-order chi connectivity index (χ1) is 18.4. The highest BCUT2D eigenvalue weighted by atomic mass is 19.4. The Hall–Kier alpha value is -4.79. The molecular weight excluding hydrogens is 495 g/mol. The van der Waals surface area contributed by atoms with Crippen LogP contribution in [0, 0.1) is 0 Å². The molecule has 1 aliphatic rings. The van der Waals surface area contributed by atoms with Crippen LogP contribution in [0.3, 0.4) is 0 Å². The molecule has 2 heterocycles. The quantitative estimate of drug-likeness (QED) is 0.267. The van der Waals surface area contributed by atoms with Gasteiger partial charge in [-0.2, -0.15) is 18.3 Å². The summed E-state index contributed by atoms with van der Waals surface area (Å²) < 4.78 is 53.8. The van der Waals surface area contributed by atoms with E-state index in [9.17, 15) is 18.0 Å². The molecule has 3 aromatic carbocycles. The summed E-state index contributed by atoms with van der Waals surface area (Å²) in [5.41, 5.74) is 1.53. The number of nitrogens with one attached hydrogen (secondary N) is 1. The number of aryl methyl sites for hydroxylation is 1. The molecule has 190 valence electrons. The molecule has 0 bridgehead atoms. The number of amides is 1. The molecule has 1 aliphatic carbocycles. The summed E-state index contributed by atoms with van der Waals surface area (Å²) in [4.78, 5) is 12.8. The van der Waals surface area contributed by atoms with Crippen LogP contribution in [0.1, 0.15) is 27.4 Å². The number of benzene rings is 3. The SMILES string of the molecule is O=C(Nc1ccc(Oc2ccccc2)cc1)c1ccc(-n2nc(C(F)(F)F)c3c2-c2ccoc2CC3)cc1. The lowest BCUT2D eigenvalue weighted by atomic mass is 9.94. The van der Waals surface area contributed by atoms with Crippen molar-refractivity contribution in [2.24, 2.45) is 0 Å². The minimum atomic E-state index is -4.59. The fourth-order valence-corrected chi connectivity index (χ4v) is 4.55. The molecule has 0 unspecified atom stereocenters. The second kappa shape index (κ2) is 9.26. The van der Waals surface area contributed by atoms with E-state index in [4.69, 9.17) is 9.15 Å². The molecule has 0 fully saturated rings. The summed E-state index contributed by atoms with van der Waals surface area (Å²) in [6.07, 6.45) is -2.56. The number of carbonyl (C=O) groups excluding carboxylic acids is 1. The summed E-state index contributed by atoms with van der Waals surface area (Å²) in [6.45, 7) is 0. The zero-order chi connectivity index (χ0) is 26.3. The number of aromatic nitrogens is 2. The van der Waals surface area contributed by atoms with Gasteiger partial charge in [0.15, 0.2) is 5.69 Å². The Morgan fingerprint density at radius 1 is 0.895 bits per heavy atom. The number of alkyl halides is 3. The van der Waals surface area contributed by atoms with Crippen LogP contribution >= 0.6 is 0 Å². The molecule has 1 N–H and O–H groups in total. The minimum absolute atomic E-state index is 0.146. The molecule has 1 amide bonds. The lowest BCUT2D eigenvalue weighted by Gasteiger charge is -2.15. The highest BCUT2D eigenvalue weighted by Crippen LogP contribution is 2.42. The fourth-order valence-electron chi connectivity index (χ4n) is 4.55. The summed E-state index contributed by atoms with van der Waals surface area (Å²) in [5.74, 6) is 1.60. The smallest absolute Gasteiger partial charge is 0.435 e. The maximum Gasteiger partial charge on any atom is 0.435 e. The van der Waals surface area contributed by atoms with Crippen molar-refractivity contribution < 1.29 is 27.1 Å². The van der Waals surface area contributed by atoms with Crippen LogP contribution < -0.4 is 10.1 Å². The van der Waals surface area contributed by atoms with Gasteiger partial charge in [0.1, 0.15) is 17.3 Å². The largest absolute Gasteiger partial charge is 0.469 e. The Morgan fingerprint density at radius 2 is 1.61 bits per heavy atom. The van der Waals surface area contributed by atoms with Gasteiger partial charge in [-0.05, 0) is 73.2 Å². The second-order valence-electron chi connectivity index (χ2n) is 8.78. The predicted molar refractivity (Wildman–Crippen MR) is 135 cm³/mol. The zero-order valence-corrected chi connectivity index (χ0v) is 19.8. The number of hydrogen-bond acceptors (Lipinski definition) is 4. The molecular formula is C29H20F3N3O3. The lowest BCUT2D eigenvalue weighted by molar-refractivity contribution is -0.142. The van der Waals surface area contributed by atoms with Gasteiger partial charge in [-0.1, -0.05) is 18.2 Å². The van der Waals surface area contributed by atoms with E-state index in [1.165, 1.54) is 10.9 Å². The van der Waals surface area contributed by atoms with Gasteiger partial charge in [0.2, 0.25) is 0 Å². The Morgan fingerprint density at radius 3 is 2.32 bits per heavy atom. The third-order valence-corrected chi connectivity index (χ3v) is 6.32. The number of nitrogens with zero attached hydrogens (tertiary/aromatic N) is 2. The van der Waals surface area contributed by atoms with Gasteiger partial charge in [-0.15, -0.1) is 0 Å². The van der Waals surface area contributed by atoms with Gasteiger partial charge in [0, 0.05) is 28.8 Å². The first kappa shape index (κ1) is 23.6. The van der Waals surface area contributed by atoms with E-state index in [-0.39, 0.29) is 17.9 Å². The standard InChI is InChI=1S/C29H20F3N3O3/c30-29(31,32)27-24-14-15-25-23(16-17-37-25)26(24)35(34-27)20-10-6-18(7-11-20)28(36)33-19-8-12-22(13-9-19)38-21-4-2-1-3-5-21/h1-13,16-17H,14-15H2,(H,33,36). The first-order valence-corrected chi connectivity index (χ1v) is 11.9. The fraction of sp³-hybridized carbons (Fsp3) is 0.103. The summed E-state index contributed by atoms with van der Waals surface area (Å²) >= 11 is 0. The zero-order valence-electron chi connectivity index (χ0n) is 19.8. The molecule has 0 atom stereocenters. The Kier molecular flexibility index (Phi) is 5.75. The van der Waals surface area contributed by atoms with Crippen LogP contribution in [0.15, 0.2) is 95.6 Å². The molecule has 0 saturated heterocycles. The molecule has 2 aromatic heterocycles. The average molecular weight is 515 g/mol. The molecule has 5 aromatic rings. The third kappa shape index (κ3) is 4.43. The van der Waals surface area contributed by atoms with Crippen LogP contribution in [0.2, 0.25) is 0 Å². The van der Waals surface area contributed by atoms with Crippen molar-refractivity contribution in [1.29, 1.82) is 0 Å². The first-order valence-electron chi connectivity index (χ1n) is 11.9. The van der Waals surface area contributed by atoms with Crippen LogP contribution in [0.4, 0.5) is 18.9 Å². The van der Waals surface area contributed by atoms with E-state index < -0.39 is 11.9 Å². The molecule has 0 radical (unpaired) electrons. The monoisotopic (exact) mass is 515 g/mol. The van der Waals surface area contributed by atoms with Crippen LogP contribution in [0.5, 0.6) is 11.5 Å². The molecule has 6 rings (SSSR count). The number of anilines is 1. The molecule has 6 nitrogen and oxygen atoms in total. The number of halogens is 3. The van der Waals surface area contributed by atoms with E-state index in [1.807, 2.05) is 30.3 Å². The van der Waals surface area contributed by atoms with E-state index >= 15 is 0 Å². The number of fused-ring (bicyclic) bond motifs is 3. The summed E-state index contributed by atoms with van der Waals surface area (Å²) in [6, 6.07) is 24.2. The van der Waals surface area contributed by atoms with Gasteiger partial charge in [0.25, 0.3) is 5.91 Å². The number of ether oxygens (including phenoxy) is 1. The molecule has 0 spiro atoms. The van der Waals surface area contributed by atoms with Crippen LogP contribution in [-0.2, 0) is 19.0 Å². The van der Waals surface area contributed by atoms with Crippen molar-refractivity contribution in [3.63, 3.8) is 0 Å². The number of para-hydroxylation sites is 1. The minimum Gasteiger partial charge on any atom is -0.469 e. The van der Waals surface area contributed by atoms with E-state index in [2.05, 4.69) is 10.4 Å². The summed E-state index contributed by atoms with van der Waals surface area (Å²) in [7, 11) is 0. The Bertz CT molecular complexity index is 1600.